The van der Waals surface area contributed by atoms with Gasteiger partial charge in [0.1, 0.15) is 24.6 Å². The van der Waals surface area contributed by atoms with Crippen LogP contribution in [0.2, 0.25) is 0 Å². The summed E-state index contributed by atoms with van der Waals surface area (Å²) in [5.41, 5.74) is 4.35. The molecule has 0 spiro atoms. The van der Waals surface area contributed by atoms with Gasteiger partial charge in [0, 0.05) is 0 Å². The van der Waals surface area contributed by atoms with E-state index in [1.807, 2.05) is 0 Å². The highest BCUT2D eigenvalue weighted by atomic mass is 31.2. The molecular formula is C8H13N4O8P. The Morgan fingerprint density at radius 3 is 2.67 bits per heavy atom. The van der Waals surface area contributed by atoms with Gasteiger partial charge in [-0.2, -0.15) is 4.98 Å². The van der Waals surface area contributed by atoms with Crippen molar-refractivity contribution >= 4 is 13.8 Å². The van der Waals surface area contributed by atoms with Gasteiger partial charge in [0.05, 0.1) is 6.61 Å². The maximum absolute atomic E-state index is 11.6. The fourth-order valence-corrected chi connectivity index (χ4v) is 2.14. The Morgan fingerprint density at radius 2 is 2.10 bits per heavy atom. The second-order valence-electron chi connectivity index (χ2n) is 4.24. The molecule has 0 bridgehead atoms. The van der Waals surface area contributed by atoms with E-state index in [-0.39, 0.29) is 5.95 Å². The van der Waals surface area contributed by atoms with Gasteiger partial charge >= 0.3 is 13.5 Å². The van der Waals surface area contributed by atoms with Gasteiger partial charge in [0.15, 0.2) is 6.23 Å². The quantitative estimate of drug-likeness (QED) is 0.353. The summed E-state index contributed by atoms with van der Waals surface area (Å²) >= 11 is 0. The number of rotatable bonds is 4. The molecule has 6 N–H and O–H groups in total. The molecule has 4 atom stereocenters. The van der Waals surface area contributed by atoms with Gasteiger partial charge in [-0.25, -0.2) is 14.3 Å². The fraction of sp³-hybridized carbons (Fsp3) is 0.625. The molecule has 1 fully saturated rings. The lowest BCUT2D eigenvalue weighted by atomic mass is 10.1. The van der Waals surface area contributed by atoms with Crippen molar-refractivity contribution in [3.05, 3.63) is 16.8 Å². The van der Waals surface area contributed by atoms with Crippen LogP contribution in [0.5, 0.6) is 0 Å². The molecule has 1 aromatic rings. The van der Waals surface area contributed by atoms with Gasteiger partial charge in [-0.05, 0) is 0 Å². The summed E-state index contributed by atoms with van der Waals surface area (Å²) in [6.45, 7) is -0.677. The smallest absolute Gasteiger partial charge is 0.387 e. The number of aliphatic hydroxyl groups is 2. The summed E-state index contributed by atoms with van der Waals surface area (Å²) in [6.07, 6.45) is -4.68. The molecule has 1 saturated heterocycles. The second-order valence-corrected chi connectivity index (χ2v) is 5.48. The van der Waals surface area contributed by atoms with Crippen molar-refractivity contribution in [1.29, 1.82) is 0 Å². The van der Waals surface area contributed by atoms with Crippen molar-refractivity contribution in [3.8, 4) is 0 Å². The topological polar surface area (TPSA) is 190 Å². The van der Waals surface area contributed by atoms with Crippen LogP contribution in [-0.4, -0.2) is 59.5 Å². The molecule has 13 heteroatoms. The third-order valence-corrected chi connectivity index (χ3v) is 3.25. The first-order valence-corrected chi connectivity index (χ1v) is 7.14. The molecule has 0 aliphatic carbocycles. The third kappa shape index (κ3) is 3.63. The first-order valence-electron chi connectivity index (χ1n) is 5.61. The van der Waals surface area contributed by atoms with Crippen LogP contribution in [0.3, 0.4) is 0 Å². The summed E-state index contributed by atoms with van der Waals surface area (Å²) in [4.78, 5) is 35.7. The molecule has 2 rings (SSSR count). The van der Waals surface area contributed by atoms with Crippen LogP contribution in [0.25, 0.3) is 0 Å². The molecule has 21 heavy (non-hydrogen) atoms. The molecule has 0 aromatic carbocycles. The van der Waals surface area contributed by atoms with Crippen LogP contribution in [-0.2, 0) is 13.8 Å². The van der Waals surface area contributed by atoms with E-state index in [0.29, 0.717) is 0 Å². The first-order chi connectivity index (χ1) is 9.69. The molecule has 1 aliphatic rings. The molecule has 1 aromatic heterocycles. The fourth-order valence-electron chi connectivity index (χ4n) is 1.80. The van der Waals surface area contributed by atoms with Crippen molar-refractivity contribution in [1.82, 2.24) is 14.5 Å². The summed E-state index contributed by atoms with van der Waals surface area (Å²) in [6, 6.07) is 0. The summed E-state index contributed by atoms with van der Waals surface area (Å²) in [7, 11) is -4.75. The highest BCUT2D eigenvalue weighted by Gasteiger charge is 2.45. The Labute approximate surface area is 117 Å². The van der Waals surface area contributed by atoms with Gasteiger partial charge < -0.3 is 30.5 Å². The van der Waals surface area contributed by atoms with E-state index in [9.17, 15) is 19.6 Å². The zero-order valence-electron chi connectivity index (χ0n) is 10.4. The molecule has 118 valence electrons. The number of phosphoric ester groups is 1. The first kappa shape index (κ1) is 16.0. The zero-order valence-corrected chi connectivity index (χ0v) is 11.3. The summed E-state index contributed by atoms with van der Waals surface area (Å²) in [5.74, 6) is -0.273. The highest BCUT2D eigenvalue weighted by molar-refractivity contribution is 7.46. The predicted molar refractivity (Wildman–Crippen MR) is 64.6 cm³/mol. The summed E-state index contributed by atoms with van der Waals surface area (Å²) in [5, 5.41) is 19.6. The Morgan fingerprint density at radius 1 is 1.43 bits per heavy atom. The van der Waals surface area contributed by atoms with Gasteiger partial charge in [-0.1, -0.05) is 0 Å². The van der Waals surface area contributed by atoms with E-state index in [0.717, 1.165) is 10.9 Å². The highest BCUT2D eigenvalue weighted by Crippen LogP contribution is 2.38. The van der Waals surface area contributed by atoms with E-state index >= 15 is 0 Å². The van der Waals surface area contributed by atoms with Crippen molar-refractivity contribution in [3.63, 3.8) is 0 Å². The molecular weight excluding hydrogens is 311 g/mol. The number of phosphoric acid groups is 1. The normalized spacial score (nSPS) is 29.7. The standard InChI is InChI=1S/C8H13N4O8P/c9-7-10-2-12(8(15)11-7)6-5(14)4(13)3(20-6)1-19-21(16,17)18/h2-6,13-14H,1H2,(H2,9,11,15)(H2,16,17,18)/t3-,4?,5+,6-/m1/s1. The second kappa shape index (κ2) is 5.77. The lowest BCUT2D eigenvalue weighted by molar-refractivity contribution is -0.0547. The minimum absolute atomic E-state index is 0.273. The lowest BCUT2D eigenvalue weighted by Crippen LogP contribution is -2.36. The molecule has 0 radical (unpaired) electrons. The Balaban J connectivity index is 2.16. The molecule has 2 heterocycles. The van der Waals surface area contributed by atoms with Crippen LogP contribution >= 0.6 is 7.82 Å². The van der Waals surface area contributed by atoms with Gasteiger partial charge in [0.25, 0.3) is 0 Å². The van der Waals surface area contributed by atoms with Crippen LogP contribution in [0, 0.1) is 0 Å². The van der Waals surface area contributed by atoms with E-state index in [4.69, 9.17) is 20.3 Å². The molecule has 1 unspecified atom stereocenters. The molecule has 12 nitrogen and oxygen atoms in total. The number of anilines is 1. The maximum atomic E-state index is 11.6. The Bertz CT molecular complexity index is 617. The Kier molecular flexibility index (Phi) is 4.39. The number of nitrogens with two attached hydrogens (primary N) is 1. The van der Waals surface area contributed by atoms with Crippen molar-refractivity contribution in [2.45, 2.75) is 24.5 Å². The summed E-state index contributed by atoms with van der Waals surface area (Å²) < 4.78 is 20.8. The minimum atomic E-state index is -4.75. The number of aliphatic hydroxyl groups excluding tert-OH is 2. The van der Waals surface area contributed by atoms with Crippen molar-refractivity contribution in [2.24, 2.45) is 0 Å². The SMILES string of the molecule is Nc1ncn([C@@H]2O[C@H](COP(=O)(O)O)C(O)[C@@H]2O)c(=O)n1. The monoisotopic (exact) mass is 324 g/mol. The predicted octanol–water partition coefficient (Wildman–Crippen LogP) is -3.05. The number of ether oxygens (including phenoxy) is 1. The average Bonchev–Trinajstić information content (AvgIpc) is 2.64. The minimum Gasteiger partial charge on any atom is -0.387 e. The van der Waals surface area contributed by atoms with Crippen LogP contribution in [0.4, 0.5) is 5.95 Å². The van der Waals surface area contributed by atoms with E-state index < -0.39 is 44.7 Å². The molecule has 0 amide bonds. The number of nitrogens with zero attached hydrogens (tertiary/aromatic N) is 3. The average molecular weight is 324 g/mol. The maximum Gasteiger partial charge on any atom is 0.469 e. The zero-order chi connectivity index (χ0) is 15.8. The molecule has 0 saturated carbocycles. The number of nitrogen functional groups attached to an aromatic ring is 1. The van der Waals surface area contributed by atoms with Crippen molar-refractivity contribution in [2.75, 3.05) is 12.3 Å². The van der Waals surface area contributed by atoms with Gasteiger partial charge in [-0.15, -0.1) is 0 Å². The van der Waals surface area contributed by atoms with Gasteiger partial charge in [0.2, 0.25) is 5.95 Å². The Hall–Kier alpha value is -1.40. The van der Waals surface area contributed by atoms with Crippen LogP contribution < -0.4 is 11.4 Å². The van der Waals surface area contributed by atoms with E-state index in [2.05, 4.69) is 14.5 Å². The van der Waals surface area contributed by atoms with Crippen LogP contribution in [0.1, 0.15) is 6.23 Å². The largest absolute Gasteiger partial charge is 0.469 e. The number of hydrogen-bond acceptors (Lipinski definition) is 9. The lowest BCUT2D eigenvalue weighted by Gasteiger charge is -2.16. The van der Waals surface area contributed by atoms with E-state index in [1.165, 1.54) is 0 Å². The molecule has 1 aliphatic heterocycles. The van der Waals surface area contributed by atoms with Crippen molar-refractivity contribution < 1.29 is 33.8 Å². The number of aromatic nitrogens is 3. The van der Waals surface area contributed by atoms with Crippen LogP contribution in [0.15, 0.2) is 11.1 Å². The van der Waals surface area contributed by atoms with Gasteiger partial charge in [-0.3, -0.25) is 9.09 Å². The third-order valence-electron chi connectivity index (χ3n) is 2.76. The van der Waals surface area contributed by atoms with E-state index in [1.54, 1.807) is 0 Å². The number of hydrogen-bond donors (Lipinski definition) is 5.